The van der Waals surface area contributed by atoms with E-state index in [0.717, 1.165) is 29.1 Å². The van der Waals surface area contributed by atoms with E-state index >= 15 is 0 Å². The molecule has 0 aliphatic rings. The van der Waals surface area contributed by atoms with E-state index in [4.69, 9.17) is 14.2 Å². The summed E-state index contributed by atoms with van der Waals surface area (Å²) in [6.07, 6.45) is 3.03. The summed E-state index contributed by atoms with van der Waals surface area (Å²) >= 11 is 0. The van der Waals surface area contributed by atoms with Crippen LogP contribution in [0.1, 0.15) is 47.8 Å². The Hall–Kier alpha value is -3.66. The van der Waals surface area contributed by atoms with Crippen LogP contribution in [0, 0.1) is 5.82 Å². The van der Waals surface area contributed by atoms with Crippen molar-refractivity contribution in [2.24, 2.45) is 0 Å². The average Bonchev–Trinajstić information content (AvgIpc) is 2.85. The van der Waals surface area contributed by atoms with E-state index in [0.29, 0.717) is 35.6 Å². The third kappa shape index (κ3) is 6.80. The first-order valence-electron chi connectivity index (χ1n) is 11.9. The molecule has 0 atom stereocenters. The maximum atomic E-state index is 14.2. The molecule has 1 heterocycles. The van der Waals surface area contributed by atoms with Crippen molar-refractivity contribution < 1.29 is 31.8 Å². The van der Waals surface area contributed by atoms with E-state index in [1.54, 1.807) is 19.2 Å². The fourth-order valence-corrected chi connectivity index (χ4v) is 4.82. The van der Waals surface area contributed by atoms with Crippen molar-refractivity contribution in [2.75, 3.05) is 32.3 Å². The summed E-state index contributed by atoms with van der Waals surface area (Å²) in [7, 11) is 0.829. The van der Waals surface area contributed by atoms with Crippen LogP contribution in [0.15, 0.2) is 42.6 Å². The van der Waals surface area contributed by atoms with Crippen LogP contribution in [0.4, 0.5) is 10.1 Å². The van der Waals surface area contributed by atoms with Crippen LogP contribution >= 0.6 is 0 Å². The summed E-state index contributed by atoms with van der Waals surface area (Å²) in [6, 6.07) is 9.99. The number of hydrogen-bond acceptors (Lipinski definition) is 7. The lowest BCUT2D eigenvalue weighted by Crippen LogP contribution is -2.15. The minimum absolute atomic E-state index is 0.253. The molecule has 38 heavy (non-hydrogen) atoms. The van der Waals surface area contributed by atoms with E-state index in [1.165, 1.54) is 26.4 Å². The molecule has 204 valence electrons. The Balaban J connectivity index is 2.12. The van der Waals surface area contributed by atoms with Crippen molar-refractivity contribution in [3.05, 3.63) is 70.7 Å². The van der Waals surface area contributed by atoms with Gasteiger partial charge in [0, 0.05) is 16.8 Å². The minimum atomic E-state index is -3.52. The number of hydrogen-bond donors (Lipinski definition) is 1. The molecule has 0 aliphatic carbocycles. The number of pyridine rings is 1. The molecule has 2 aromatic carbocycles. The zero-order valence-corrected chi connectivity index (χ0v) is 23.5. The molecular formula is C28H33FN2O6S. The molecule has 1 N–H and O–H groups in total. The standard InChI is InChI=1S/C28H33FN2O6S/c1-28(2,3)24-13-19(22-14-20(29)16-30-26(22)36-5)12-18(25(24)35-4)9-8-17-10-11-21(31-38(7,33)34)15-23(17)27(32)37-6/h10-16,31H,8-9H2,1-7H3. The van der Waals surface area contributed by atoms with Gasteiger partial charge in [-0.2, -0.15) is 0 Å². The molecule has 0 bridgehead atoms. The maximum Gasteiger partial charge on any atom is 0.338 e. The van der Waals surface area contributed by atoms with Crippen LogP contribution in [0.2, 0.25) is 0 Å². The molecular weight excluding hydrogens is 511 g/mol. The predicted octanol–water partition coefficient (Wildman–Crippen LogP) is 5.15. The van der Waals surface area contributed by atoms with Crippen molar-refractivity contribution in [1.29, 1.82) is 0 Å². The molecule has 0 fully saturated rings. The quantitative estimate of drug-likeness (QED) is 0.372. The Labute approximate surface area is 223 Å². The van der Waals surface area contributed by atoms with Crippen LogP contribution in [0.3, 0.4) is 0 Å². The number of anilines is 1. The van der Waals surface area contributed by atoms with Gasteiger partial charge in [0.25, 0.3) is 0 Å². The number of benzene rings is 2. The Kier molecular flexibility index (Phi) is 8.66. The van der Waals surface area contributed by atoms with Crippen molar-refractivity contribution in [3.8, 4) is 22.8 Å². The Morgan fingerprint density at radius 2 is 1.68 bits per heavy atom. The molecule has 0 amide bonds. The Morgan fingerprint density at radius 1 is 1.00 bits per heavy atom. The lowest BCUT2D eigenvalue weighted by molar-refractivity contribution is 0.0599. The highest BCUT2D eigenvalue weighted by Crippen LogP contribution is 2.40. The number of nitrogens with one attached hydrogen (secondary N) is 1. The van der Waals surface area contributed by atoms with Crippen LogP contribution < -0.4 is 14.2 Å². The second-order valence-electron chi connectivity index (χ2n) is 9.91. The van der Waals surface area contributed by atoms with Gasteiger partial charge in [-0.15, -0.1) is 0 Å². The highest BCUT2D eigenvalue weighted by atomic mass is 32.2. The highest BCUT2D eigenvalue weighted by molar-refractivity contribution is 7.92. The van der Waals surface area contributed by atoms with Gasteiger partial charge >= 0.3 is 5.97 Å². The number of rotatable bonds is 9. The number of ether oxygens (including phenoxy) is 3. The molecule has 0 unspecified atom stereocenters. The van der Waals surface area contributed by atoms with E-state index in [2.05, 4.69) is 30.5 Å². The first-order valence-corrected chi connectivity index (χ1v) is 13.8. The van der Waals surface area contributed by atoms with Gasteiger partial charge in [-0.3, -0.25) is 4.72 Å². The molecule has 3 aromatic rings. The van der Waals surface area contributed by atoms with Gasteiger partial charge in [0.1, 0.15) is 11.6 Å². The average molecular weight is 545 g/mol. The topological polar surface area (TPSA) is 104 Å². The van der Waals surface area contributed by atoms with Crippen LogP contribution in [0.25, 0.3) is 11.1 Å². The van der Waals surface area contributed by atoms with Gasteiger partial charge in [0.15, 0.2) is 0 Å². The van der Waals surface area contributed by atoms with Crippen molar-refractivity contribution in [2.45, 2.75) is 39.0 Å². The van der Waals surface area contributed by atoms with Crippen molar-refractivity contribution >= 4 is 21.7 Å². The van der Waals surface area contributed by atoms with Gasteiger partial charge in [-0.05, 0) is 65.3 Å². The SMILES string of the molecule is COC(=O)c1cc(NS(C)(=O)=O)ccc1CCc1cc(-c2cc(F)cnc2OC)cc(C(C)(C)C)c1OC. The Morgan fingerprint density at radius 3 is 2.26 bits per heavy atom. The largest absolute Gasteiger partial charge is 0.496 e. The number of methoxy groups -OCH3 is 3. The summed E-state index contributed by atoms with van der Waals surface area (Å²) in [5, 5.41) is 0. The molecule has 3 rings (SSSR count). The van der Waals surface area contributed by atoms with E-state index in [-0.39, 0.29) is 16.7 Å². The maximum absolute atomic E-state index is 14.2. The monoisotopic (exact) mass is 544 g/mol. The van der Waals surface area contributed by atoms with Gasteiger partial charge in [0.05, 0.1) is 39.3 Å². The number of sulfonamides is 1. The number of nitrogens with zero attached hydrogens (tertiary/aromatic N) is 1. The Bertz CT molecular complexity index is 1450. The second-order valence-corrected chi connectivity index (χ2v) is 11.7. The minimum Gasteiger partial charge on any atom is -0.496 e. The summed E-state index contributed by atoms with van der Waals surface area (Å²) in [5.41, 5.74) is 3.87. The smallest absolute Gasteiger partial charge is 0.338 e. The third-order valence-electron chi connectivity index (χ3n) is 5.98. The number of aryl methyl sites for hydroxylation is 2. The zero-order chi connectivity index (χ0) is 28.3. The summed E-state index contributed by atoms with van der Waals surface area (Å²) in [4.78, 5) is 16.6. The first-order chi connectivity index (χ1) is 17.8. The lowest BCUT2D eigenvalue weighted by atomic mass is 9.82. The number of halogens is 1. The predicted molar refractivity (Wildman–Crippen MR) is 145 cm³/mol. The molecule has 0 radical (unpaired) electrons. The van der Waals surface area contributed by atoms with Crippen molar-refractivity contribution in [3.63, 3.8) is 0 Å². The summed E-state index contributed by atoms with van der Waals surface area (Å²) < 4.78 is 56.1. The summed E-state index contributed by atoms with van der Waals surface area (Å²) in [5.74, 6) is -0.0753. The number of carbonyl (C=O) groups is 1. The molecule has 0 aliphatic heterocycles. The van der Waals surface area contributed by atoms with Crippen molar-refractivity contribution in [1.82, 2.24) is 4.98 Å². The van der Waals surface area contributed by atoms with Crippen LogP contribution in [-0.2, 0) is 33.0 Å². The second kappa shape index (κ2) is 11.4. The molecule has 8 nitrogen and oxygen atoms in total. The number of carbonyl (C=O) groups excluding carboxylic acids is 1. The van der Waals surface area contributed by atoms with Gasteiger partial charge in [-0.25, -0.2) is 22.6 Å². The summed E-state index contributed by atoms with van der Waals surface area (Å²) in [6.45, 7) is 6.17. The first kappa shape index (κ1) is 28.9. The zero-order valence-electron chi connectivity index (χ0n) is 22.6. The number of esters is 1. The van der Waals surface area contributed by atoms with Gasteiger partial charge in [0.2, 0.25) is 15.9 Å². The fourth-order valence-electron chi connectivity index (χ4n) is 4.27. The van der Waals surface area contributed by atoms with Crippen LogP contribution in [0.5, 0.6) is 11.6 Å². The molecule has 0 saturated carbocycles. The molecule has 10 heteroatoms. The fraction of sp³-hybridized carbons (Fsp3) is 0.357. The van der Waals surface area contributed by atoms with E-state index in [9.17, 15) is 17.6 Å². The molecule has 0 spiro atoms. The van der Waals surface area contributed by atoms with E-state index in [1.807, 2.05) is 12.1 Å². The lowest BCUT2D eigenvalue weighted by Gasteiger charge is -2.26. The van der Waals surface area contributed by atoms with Gasteiger partial charge in [-0.1, -0.05) is 26.8 Å². The normalized spacial score (nSPS) is 11.7. The van der Waals surface area contributed by atoms with E-state index < -0.39 is 21.8 Å². The number of aromatic nitrogens is 1. The van der Waals surface area contributed by atoms with Gasteiger partial charge < -0.3 is 14.2 Å². The van der Waals surface area contributed by atoms with Crippen LogP contribution in [-0.4, -0.2) is 47.0 Å². The molecule has 1 aromatic heterocycles. The molecule has 0 saturated heterocycles. The highest BCUT2D eigenvalue weighted by Gasteiger charge is 2.24. The third-order valence-corrected chi connectivity index (χ3v) is 6.59.